The molecule has 0 atom stereocenters. The molecule has 0 amide bonds. The summed E-state index contributed by atoms with van der Waals surface area (Å²) in [6.45, 7) is 1.57. The van der Waals surface area contributed by atoms with E-state index in [2.05, 4.69) is 4.72 Å². The Morgan fingerprint density at radius 3 is 2.30 bits per heavy atom. The van der Waals surface area contributed by atoms with Gasteiger partial charge in [0.1, 0.15) is 0 Å². The molecule has 1 heterocycles. The van der Waals surface area contributed by atoms with Crippen molar-refractivity contribution in [2.45, 2.75) is 29.1 Å². The van der Waals surface area contributed by atoms with Gasteiger partial charge in [0, 0.05) is 19.6 Å². The van der Waals surface area contributed by atoms with E-state index in [4.69, 9.17) is 5.73 Å². The SMILES string of the molecule is Cl.NCCCNS(=O)(=O)c1cccc(S(=O)(=O)N2CCCC2)c1. The molecule has 132 valence electrons. The lowest BCUT2D eigenvalue weighted by Gasteiger charge is -2.16. The summed E-state index contributed by atoms with van der Waals surface area (Å²) in [5.74, 6) is 0. The number of halogens is 1. The summed E-state index contributed by atoms with van der Waals surface area (Å²) in [7, 11) is -7.35. The Hall–Kier alpha value is -0.710. The molecule has 0 aromatic heterocycles. The van der Waals surface area contributed by atoms with Crippen LogP contribution in [0.15, 0.2) is 34.1 Å². The molecule has 7 nitrogen and oxygen atoms in total. The number of nitrogens with zero attached hydrogens (tertiary/aromatic N) is 1. The third-order valence-corrected chi connectivity index (χ3v) is 6.84. The zero-order valence-corrected chi connectivity index (χ0v) is 15.1. The average Bonchev–Trinajstić information content (AvgIpc) is 3.02. The van der Waals surface area contributed by atoms with Crippen molar-refractivity contribution in [1.82, 2.24) is 9.03 Å². The van der Waals surface area contributed by atoms with E-state index in [-0.39, 0.29) is 28.7 Å². The van der Waals surface area contributed by atoms with Gasteiger partial charge < -0.3 is 5.73 Å². The number of nitrogens with one attached hydrogen (secondary N) is 1. The second kappa shape index (κ2) is 8.41. The quantitative estimate of drug-likeness (QED) is 0.667. The second-order valence-electron chi connectivity index (χ2n) is 5.13. The lowest BCUT2D eigenvalue weighted by atomic mass is 10.4. The minimum absolute atomic E-state index is 0. The Morgan fingerprint density at radius 1 is 1.09 bits per heavy atom. The van der Waals surface area contributed by atoms with Gasteiger partial charge in [0.05, 0.1) is 9.79 Å². The Balaban J connectivity index is 0.00000264. The molecule has 1 aromatic carbocycles. The molecule has 0 aliphatic carbocycles. The van der Waals surface area contributed by atoms with Gasteiger partial charge in [-0.2, -0.15) is 4.31 Å². The van der Waals surface area contributed by atoms with Gasteiger partial charge in [-0.05, 0) is 44.0 Å². The maximum absolute atomic E-state index is 12.5. The van der Waals surface area contributed by atoms with Crippen molar-refractivity contribution < 1.29 is 16.8 Å². The summed E-state index contributed by atoms with van der Waals surface area (Å²) in [5, 5.41) is 0. The molecule has 0 saturated carbocycles. The number of nitrogens with two attached hydrogens (primary N) is 1. The van der Waals surface area contributed by atoms with Gasteiger partial charge in [0.25, 0.3) is 0 Å². The number of hydrogen-bond donors (Lipinski definition) is 2. The number of benzene rings is 1. The van der Waals surface area contributed by atoms with E-state index in [1.165, 1.54) is 28.6 Å². The lowest BCUT2D eigenvalue weighted by Crippen LogP contribution is -2.29. The normalized spacial score (nSPS) is 16.2. The van der Waals surface area contributed by atoms with Crippen LogP contribution in [0.2, 0.25) is 0 Å². The summed E-state index contributed by atoms with van der Waals surface area (Å²) in [6, 6.07) is 5.46. The molecule has 1 fully saturated rings. The molecular formula is C13H22ClN3O4S2. The minimum Gasteiger partial charge on any atom is -0.330 e. The number of rotatable bonds is 7. The van der Waals surface area contributed by atoms with Gasteiger partial charge in [-0.25, -0.2) is 21.6 Å². The van der Waals surface area contributed by atoms with E-state index in [1.54, 1.807) is 0 Å². The maximum Gasteiger partial charge on any atom is 0.243 e. The highest BCUT2D eigenvalue weighted by Gasteiger charge is 2.28. The molecule has 0 radical (unpaired) electrons. The fourth-order valence-electron chi connectivity index (χ4n) is 2.27. The third kappa shape index (κ3) is 4.88. The van der Waals surface area contributed by atoms with Crippen molar-refractivity contribution in [2.75, 3.05) is 26.2 Å². The Kier molecular flexibility index (Phi) is 7.43. The first-order chi connectivity index (χ1) is 10.4. The van der Waals surface area contributed by atoms with Gasteiger partial charge in [-0.1, -0.05) is 6.07 Å². The predicted octanol–water partition coefficient (Wildman–Crippen LogP) is 0.520. The maximum atomic E-state index is 12.5. The van der Waals surface area contributed by atoms with Gasteiger partial charge >= 0.3 is 0 Å². The van der Waals surface area contributed by atoms with Gasteiger partial charge in [0.2, 0.25) is 20.0 Å². The van der Waals surface area contributed by atoms with Crippen LogP contribution in [0.1, 0.15) is 19.3 Å². The van der Waals surface area contributed by atoms with Crippen molar-refractivity contribution in [3.8, 4) is 0 Å². The zero-order chi connectivity index (χ0) is 16.2. The predicted molar refractivity (Wildman–Crippen MR) is 90.5 cm³/mol. The van der Waals surface area contributed by atoms with Crippen LogP contribution >= 0.6 is 12.4 Å². The average molecular weight is 384 g/mol. The molecule has 23 heavy (non-hydrogen) atoms. The highest BCUT2D eigenvalue weighted by atomic mass is 35.5. The molecule has 1 aromatic rings. The molecule has 1 saturated heterocycles. The van der Waals surface area contributed by atoms with E-state index in [0.717, 1.165) is 12.8 Å². The Morgan fingerprint density at radius 2 is 1.70 bits per heavy atom. The minimum atomic E-state index is -3.73. The van der Waals surface area contributed by atoms with Crippen molar-refractivity contribution in [3.05, 3.63) is 24.3 Å². The van der Waals surface area contributed by atoms with Crippen molar-refractivity contribution in [1.29, 1.82) is 0 Å². The summed E-state index contributed by atoms with van der Waals surface area (Å²) >= 11 is 0. The van der Waals surface area contributed by atoms with Crippen molar-refractivity contribution in [2.24, 2.45) is 5.73 Å². The topological polar surface area (TPSA) is 110 Å². The van der Waals surface area contributed by atoms with Crippen LogP contribution in [0.3, 0.4) is 0 Å². The summed E-state index contributed by atoms with van der Waals surface area (Å²) in [5.41, 5.74) is 5.33. The van der Waals surface area contributed by atoms with Crippen LogP contribution in [0.25, 0.3) is 0 Å². The van der Waals surface area contributed by atoms with E-state index >= 15 is 0 Å². The van der Waals surface area contributed by atoms with Gasteiger partial charge in [-0.3, -0.25) is 0 Å². The highest BCUT2D eigenvalue weighted by Crippen LogP contribution is 2.22. The molecule has 0 spiro atoms. The van der Waals surface area contributed by atoms with Gasteiger partial charge in [-0.15, -0.1) is 12.4 Å². The second-order valence-corrected chi connectivity index (χ2v) is 8.83. The van der Waals surface area contributed by atoms with E-state index < -0.39 is 20.0 Å². The van der Waals surface area contributed by atoms with Crippen LogP contribution in [0.4, 0.5) is 0 Å². The molecule has 10 heteroatoms. The van der Waals surface area contributed by atoms with Crippen LogP contribution in [0, 0.1) is 0 Å². The van der Waals surface area contributed by atoms with Crippen LogP contribution in [-0.2, 0) is 20.0 Å². The first-order valence-corrected chi connectivity index (χ1v) is 10.1. The molecule has 2 rings (SSSR count). The number of sulfonamides is 2. The molecule has 0 unspecified atom stereocenters. The summed E-state index contributed by atoms with van der Waals surface area (Å²) < 4.78 is 53.0. The standard InChI is InChI=1S/C13H21N3O4S2.ClH/c14-7-4-8-15-21(17,18)12-5-3-6-13(11-12)22(19,20)16-9-1-2-10-16;/h3,5-6,11,15H,1-2,4,7-10,14H2;1H. The molecule has 1 aliphatic rings. The Bertz CT molecular complexity index is 716. The van der Waals surface area contributed by atoms with Crippen molar-refractivity contribution >= 4 is 32.5 Å². The Labute approximate surface area is 143 Å². The summed E-state index contributed by atoms with van der Waals surface area (Å²) in [4.78, 5) is -0.0408. The van der Waals surface area contributed by atoms with Crippen LogP contribution in [-0.4, -0.2) is 47.3 Å². The number of hydrogen-bond acceptors (Lipinski definition) is 5. The van der Waals surface area contributed by atoms with E-state index in [0.29, 0.717) is 26.1 Å². The van der Waals surface area contributed by atoms with E-state index in [9.17, 15) is 16.8 Å². The summed E-state index contributed by atoms with van der Waals surface area (Å²) in [6.07, 6.45) is 2.18. The fourth-order valence-corrected chi connectivity index (χ4v) is 5.03. The van der Waals surface area contributed by atoms with E-state index in [1.807, 2.05) is 0 Å². The van der Waals surface area contributed by atoms with Crippen molar-refractivity contribution in [3.63, 3.8) is 0 Å². The van der Waals surface area contributed by atoms with Crippen LogP contribution in [0.5, 0.6) is 0 Å². The van der Waals surface area contributed by atoms with Crippen LogP contribution < -0.4 is 10.5 Å². The largest absolute Gasteiger partial charge is 0.330 e. The zero-order valence-electron chi connectivity index (χ0n) is 12.6. The molecule has 1 aliphatic heterocycles. The third-order valence-electron chi connectivity index (χ3n) is 3.49. The highest BCUT2D eigenvalue weighted by molar-refractivity contribution is 7.90. The van der Waals surface area contributed by atoms with Gasteiger partial charge in [0.15, 0.2) is 0 Å². The molecule has 0 bridgehead atoms. The first kappa shape index (κ1) is 20.3. The first-order valence-electron chi connectivity index (χ1n) is 7.18. The molecular weight excluding hydrogens is 362 g/mol. The monoisotopic (exact) mass is 383 g/mol. The fraction of sp³-hybridized carbons (Fsp3) is 0.538. The molecule has 3 N–H and O–H groups in total. The lowest BCUT2D eigenvalue weighted by molar-refractivity contribution is 0.477. The smallest absolute Gasteiger partial charge is 0.243 e.